The molecule has 0 radical (unpaired) electrons. The third kappa shape index (κ3) is 2.32. The molecule has 0 bridgehead atoms. The van der Waals surface area contributed by atoms with Gasteiger partial charge >= 0.3 is 5.97 Å². The van der Waals surface area contributed by atoms with Gasteiger partial charge < -0.3 is 5.11 Å². The van der Waals surface area contributed by atoms with Crippen molar-refractivity contribution in [3.8, 4) is 0 Å². The summed E-state index contributed by atoms with van der Waals surface area (Å²) < 4.78 is 0. The molecule has 4 heteroatoms. The zero-order valence-corrected chi connectivity index (χ0v) is 14.2. The van der Waals surface area contributed by atoms with Gasteiger partial charge in [0.2, 0.25) is 0 Å². The number of aromatic carboxylic acids is 1. The Bertz CT molecular complexity index is 506. The standard InChI is InChI=1S/C11H7ClO2.Hg/c12-9-6-2-4-7-3-1-5-8(10(7)9)11(13)14;/h1-6H,(H,13,14);. The summed E-state index contributed by atoms with van der Waals surface area (Å²) in [5.41, 5.74) is 0.244. The van der Waals surface area contributed by atoms with Gasteiger partial charge in [-0.05, 0) is 17.5 Å². The van der Waals surface area contributed by atoms with Crippen LogP contribution >= 0.6 is 11.6 Å². The summed E-state index contributed by atoms with van der Waals surface area (Å²) in [7, 11) is 0. The van der Waals surface area contributed by atoms with Crippen LogP contribution in [0.5, 0.6) is 0 Å². The molecule has 0 fully saturated rings. The van der Waals surface area contributed by atoms with Crippen LogP contribution in [0.2, 0.25) is 5.02 Å². The second kappa shape index (κ2) is 4.95. The Kier molecular flexibility index (Phi) is 4.11. The molecule has 1 N–H and O–H groups in total. The Morgan fingerprint density at radius 2 is 1.73 bits per heavy atom. The van der Waals surface area contributed by atoms with Gasteiger partial charge in [0.05, 0.1) is 5.56 Å². The maximum Gasteiger partial charge on any atom is 0.336 e. The van der Waals surface area contributed by atoms with Crippen LogP contribution in [0.15, 0.2) is 36.4 Å². The van der Waals surface area contributed by atoms with E-state index in [1.165, 1.54) is 0 Å². The first-order chi connectivity index (χ1) is 6.70. The van der Waals surface area contributed by atoms with E-state index in [1.807, 2.05) is 12.1 Å². The van der Waals surface area contributed by atoms with Crippen molar-refractivity contribution in [2.24, 2.45) is 0 Å². The third-order valence-electron chi connectivity index (χ3n) is 2.08. The minimum atomic E-state index is -0.955. The maximum atomic E-state index is 10.9. The predicted molar refractivity (Wildman–Crippen MR) is 55.9 cm³/mol. The molecule has 0 aliphatic carbocycles. The van der Waals surface area contributed by atoms with Crippen molar-refractivity contribution in [2.75, 3.05) is 0 Å². The minimum Gasteiger partial charge on any atom is -0.478 e. The molecule has 0 aliphatic rings. The largest absolute Gasteiger partial charge is 0.478 e. The fourth-order valence-corrected chi connectivity index (χ4v) is 1.76. The molecular formula is C11H7ClHgO2. The van der Waals surface area contributed by atoms with E-state index in [1.54, 1.807) is 24.3 Å². The molecule has 2 aromatic carbocycles. The molecule has 15 heavy (non-hydrogen) atoms. The predicted octanol–water partition coefficient (Wildman–Crippen LogP) is 3.19. The van der Waals surface area contributed by atoms with E-state index in [2.05, 4.69) is 0 Å². The molecule has 2 rings (SSSR count). The van der Waals surface area contributed by atoms with Gasteiger partial charge in [0.1, 0.15) is 0 Å². The average molecular weight is 407 g/mol. The topological polar surface area (TPSA) is 37.3 Å². The van der Waals surface area contributed by atoms with Crippen molar-refractivity contribution in [2.45, 2.75) is 0 Å². The molecule has 0 saturated heterocycles. The Hall–Kier alpha value is -0.605. The molecule has 72 valence electrons. The summed E-state index contributed by atoms with van der Waals surface area (Å²) in [4.78, 5) is 10.9. The normalized spacial score (nSPS) is 9.67. The molecule has 0 heterocycles. The number of benzene rings is 2. The van der Waals surface area contributed by atoms with E-state index in [-0.39, 0.29) is 33.2 Å². The van der Waals surface area contributed by atoms with Crippen molar-refractivity contribution in [1.29, 1.82) is 0 Å². The summed E-state index contributed by atoms with van der Waals surface area (Å²) >= 11 is 5.94. The molecule has 0 spiro atoms. The van der Waals surface area contributed by atoms with Crippen LogP contribution in [0.3, 0.4) is 0 Å². The Morgan fingerprint density at radius 3 is 2.33 bits per heavy atom. The molecule has 0 unspecified atom stereocenters. The first-order valence-corrected chi connectivity index (χ1v) is 4.48. The van der Waals surface area contributed by atoms with Gasteiger partial charge in [0, 0.05) is 38.1 Å². The van der Waals surface area contributed by atoms with Gasteiger partial charge in [0.25, 0.3) is 0 Å². The Balaban J connectivity index is 0.00000112. The van der Waals surface area contributed by atoms with Crippen molar-refractivity contribution < 1.29 is 37.6 Å². The number of rotatable bonds is 1. The van der Waals surface area contributed by atoms with Gasteiger partial charge in [-0.2, -0.15) is 0 Å². The molecular weight excluding hydrogens is 400 g/mol. The SMILES string of the molecule is O=C(O)c1cccc2cccc(Cl)c12.[Hg]. The fourth-order valence-electron chi connectivity index (χ4n) is 1.47. The number of carboxylic acids is 1. The van der Waals surface area contributed by atoms with E-state index in [0.717, 1.165) is 5.39 Å². The Morgan fingerprint density at radius 1 is 1.13 bits per heavy atom. The zero-order chi connectivity index (χ0) is 10.1. The number of halogens is 1. The quantitative estimate of drug-likeness (QED) is 0.738. The Labute approximate surface area is 112 Å². The first-order valence-electron chi connectivity index (χ1n) is 4.10. The van der Waals surface area contributed by atoms with Crippen molar-refractivity contribution in [1.82, 2.24) is 0 Å². The van der Waals surface area contributed by atoms with Gasteiger partial charge in [0.15, 0.2) is 0 Å². The summed E-state index contributed by atoms with van der Waals surface area (Å²) in [6.45, 7) is 0. The summed E-state index contributed by atoms with van der Waals surface area (Å²) in [6, 6.07) is 10.4. The van der Waals surface area contributed by atoms with Gasteiger partial charge in [-0.1, -0.05) is 35.9 Å². The van der Waals surface area contributed by atoms with E-state index in [0.29, 0.717) is 10.4 Å². The van der Waals surface area contributed by atoms with Gasteiger partial charge in [-0.15, -0.1) is 0 Å². The van der Waals surface area contributed by atoms with Gasteiger partial charge in [-0.25, -0.2) is 4.79 Å². The molecule has 0 aliphatic heterocycles. The summed E-state index contributed by atoms with van der Waals surface area (Å²) in [6.07, 6.45) is 0. The molecule has 2 nitrogen and oxygen atoms in total. The summed E-state index contributed by atoms with van der Waals surface area (Å²) in [5.74, 6) is -0.955. The van der Waals surface area contributed by atoms with E-state index in [9.17, 15) is 4.79 Å². The van der Waals surface area contributed by atoms with Crippen LogP contribution in [0.25, 0.3) is 10.8 Å². The van der Waals surface area contributed by atoms with Crippen molar-refractivity contribution >= 4 is 28.3 Å². The number of hydrogen-bond donors (Lipinski definition) is 1. The maximum absolute atomic E-state index is 10.9. The van der Waals surface area contributed by atoms with Gasteiger partial charge in [-0.3, -0.25) is 0 Å². The van der Waals surface area contributed by atoms with E-state index in [4.69, 9.17) is 16.7 Å². The van der Waals surface area contributed by atoms with Crippen molar-refractivity contribution in [3.05, 3.63) is 47.0 Å². The summed E-state index contributed by atoms with van der Waals surface area (Å²) in [5, 5.41) is 10.9. The number of carboxylic acid groups (broad SMARTS) is 1. The number of hydrogen-bond acceptors (Lipinski definition) is 1. The van der Waals surface area contributed by atoms with Crippen LogP contribution in [-0.4, -0.2) is 11.1 Å². The van der Waals surface area contributed by atoms with Crippen LogP contribution in [-0.2, 0) is 27.7 Å². The second-order valence-corrected chi connectivity index (χ2v) is 3.36. The van der Waals surface area contributed by atoms with Crippen LogP contribution in [0, 0.1) is 0 Å². The number of carbonyl (C=O) groups is 1. The zero-order valence-electron chi connectivity index (χ0n) is 7.90. The second-order valence-electron chi connectivity index (χ2n) is 2.95. The molecule has 0 atom stereocenters. The van der Waals surface area contributed by atoms with Crippen LogP contribution in [0.1, 0.15) is 10.4 Å². The molecule has 2 aromatic rings. The number of fused-ring (bicyclic) bond motifs is 1. The molecule has 0 amide bonds. The minimum absolute atomic E-state index is 0. The van der Waals surface area contributed by atoms with E-state index < -0.39 is 5.97 Å². The van der Waals surface area contributed by atoms with Crippen LogP contribution in [0.4, 0.5) is 0 Å². The monoisotopic (exact) mass is 408 g/mol. The van der Waals surface area contributed by atoms with Crippen LogP contribution < -0.4 is 0 Å². The molecule has 0 aromatic heterocycles. The third-order valence-corrected chi connectivity index (χ3v) is 2.40. The fraction of sp³-hybridized carbons (Fsp3) is 0. The molecule has 0 saturated carbocycles. The average Bonchev–Trinajstić information content (AvgIpc) is 2.17. The van der Waals surface area contributed by atoms with E-state index >= 15 is 0 Å². The first kappa shape index (κ1) is 12.5. The smallest absolute Gasteiger partial charge is 0.336 e. The van der Waals surface area contributed by atoms with Crippen molar-refractivity contribution in [3.63, 3.8) is 0 Å².